The molecule has 0 amide bonds. The maximum atomic E-state index is 6.21. The number of nitrogen functional groups attached to an aromatic ring is 1. The monoisotopic (exact) mass is 289 g/mol. The van der Waals surface area contributed by atoms with Crippen LogP contribution in [0.15, 0.2) is 0 Å². The summed E-state index contributed by atoms with van der Waals surface area (Å²) in [4.78, 5) is 4.54. The topological polar surface area (TPSA) is 61.7 Å². The normalized spacial score (nSPS) is 18.1. The van der Waals surface area contributed by atoms with Gasteiger partial charge in [0.25, 0.3) is 0 Å². The van der Waals surface area contributed by atoms with Gasteiger partial charge in [0.1, 0.15) is 5.52 Å². The summed E-state index contributed by atoms with van der Waals surface area (Å²) in [6.45, 7) is 7.62. The highest BCUT2D eigenvalue weighted by atomic mass is 15.3. The van der Waals surface area contributed by atoms with E-state index in [0.717, 1.165) is 29.3 Å². The minimum absolute atomic E-state index is 0.383. The summed E-state index contributed by atoms with van der Waals surface area (Å²) < 4.78 is 4.12. The summed E-state index contributed by atoms with van der Waals surface area (Å²) in [5, 5.41) is 4.49. The third kappa shape index (κ3) is 2.43. The molecule has 1 aliphatic carbocycles. The minimum atomic E-state index is 0.383. The molecule has 0 radical (unpaired) electrons. The molecule has 21 heavy (non-hydrogen) atoms. The van der Waals surface area contributed by atoms with E-state index in [4.69, 9.17) is 5.73 Å². The fraction of sp³-hybridized carbons (Fsp3) is 0.750. The van der Waals surface area contributed by atoms with Crippen LogP contribution in [0.4, 0.5) is 5.95 Å². The molecule has 0 unspecified atom stereocenters. The molecule has 1 fully saturated rings. The third-order valence-electron chi connectivity index (χ3n) is 4.92. The molecule has 2 aromatic rings. The standard InChI is InChI=1S/C16H27N5/c1-11(2)9-16(7-5-6-8-16)10-21-14-13(18-15(21)17)12(3)19-20(14)4/h11H,5-10H2,1-4H3,(H2,17,18). The highest BCUT2D eigenvalue weighted by Crippen LogP contribution is 2.45. The second-order valence-corrected chi connectivity index (χ2v) is 7.24. The molecule has 1 saturated carbocycles. The summed E-state index contributed by atoms with van der Waals surface area (Å²) in [7, 11) is 1.98. The molecule has 2 heterocycles. The molecular formula is C16H27N5. The van der Waals surface area contributed by atoms with E-state index < -0.39 is 0 Å². The first kappa shape index (κ1) is 14.4. The van der Waals surface area contributed by atoms with Crippen molar-refractivity contribution in [2.75, 3.05) is 5.73 Å². The molecule has 0 aliphatic heterocycles. The second kappa shape index (κ2) is 5.04. The number of nitrogens with zero attached hydrogens (tertiary/aromatic N) is 4. The van der Waals surface area contributed by atoms with Crippen LogP contribution in [0.1, 0.15) is 51.6 Å². The van der Waals surface area contributed by atoms with Crippen LogP contribution < -0.4 is 5.73 Å². The predicted octanol–water partition coefficient (Wildman–Crippen LogP) is 3.27. The minimum Gasteiger partial charge on any atom is -0.369 e. The van der Waals surface area contributed by atoms with E-state index in [2.05, 4.69) is 28.5 Å². The predicted molar refractivity (Wildman–Crippen MR) is 86.0 cm³/mol. The molecule has 0 saturated heterocycles. The van der Waals surface area contributed by atoms with Gasteiger partial charge in [0.05, 0.1) is 5.69 Å². The van der Waals surface area contributed by atoms with Crippen LogP contribution in [0.3, 0.4) is 0 Å². The van der Waals surface area contributed by atoms with Gasteiger partial charge in [0.15, 0.2) is 5.65 Å². The van der Waals surface area contributed by atoms with Crippen molar-refractivity contribution in [1.82, 2.24) is 19.3 Å². The van der Waals surface area contributed by atoms with Crippen LogP contribution in [0.2, 0.25) is 0 Å². The average Bonchev–Trinajstić information content (AvgIpc) is 3.02. The largest absolute Gasteiger partial charge is 0.369 e. The molecule has 1 aliphatic rings. The Labute approximate surface area is 126 Å². The van der Waals surface area contributed by atoms with Gasteiger partial charge in [-0.25, -0.2) is 4.98 Å². The molecule has 116 valence electrons. The lowest BCUT2D eigenvalue weighted by Crippen LogP contribution is -2.26. The van der Waals surface area contributed by atoms with Gasteiger partial charge in [0.2, 0.25) is 5.95 Å². The number of anilines is 1. The molecule has 5 heteroatoms. The van der Waals surface area contributed by atoms with Crippen LogP contribution >= 0.6 is 0 Å². The van der Waals surface area contributed by atoms with Crippen molar-refractivity contribution in [3.63, 3.8) is 0 Å². The summed E-state index contributed by atoms with van der Waals surface area (Å²) >= 11 is 0. The van der Waals surface area contributed by atoms with Crippen molar-refractivity contribution in [2.45, 2.75) is 59.4 Å². The molecule has 3 rings (SSSR count). The highest BCUT2D eigenvalue weighted by molar-refractivity contribution is 5.77. The molecule has 0 bridgehead atoms. The van der Waals surface area contributed by atoms with Gasteiger partial charge in [-0.2, -0.15) is 5.10 Å². The maximum Gasteiger partial charge on any atom is 0.202 e. The van der Waals surface area contributed by atoms with Crippen molar-refractivity contribution < 1.29 is 0 Å². The van der Waals surface area contributed by atoms with Gasteiger partial charge in [0, 0.05) is 13.6 Å². The molecule has 5 nitrogen and oxygen atoms in total. The van der Waals surface area contributed by atoms with Crippen molar-refractivity contribution >= 4 is 17.1 Å². The molecule has 2 N–H and O–H groups in total. The van der Waals surface area contributed by atoms with Gasteiger partial charge < -0.3 is 5.73 Å². The Kier molecular flexibility index (Phi) is 3.46. The molecule has 0 spiro atoms. The summed E-state index contributed by atoms with van der Waals surface area (Å²) in [6, 6.07) is 0. The number of imidazole rings is 1. The number of aryl methyl sites for hydroxylation is 2. The Hall–Kier alpha value is -1.52. The fourth-order valence-corrected chi connectivity index (χ4v) is 4.26. The summed E-state index contributed by atoms with van der Waals surface area (Å²) in [5.41, 5.74) is 9.58. The van der Waals surface area contributed by atoms with E-state index >= 15 is 0 Å². The zero-order chi connectivity index (χ0) is 15.2. The van der Waals surface area contributed by atoms with Crippen LogP contribution in [-0.2, 0) is 13.6 Å². The van der Waals surface area contributed by atoms with Crippen LogP contribution in [0, 0.1) is 18.3 Å². The highest BCUT2D eigenvalue weighted by Gasteiger charge is 2.36. The Morgan fingerprint density at radius 3 is 2.57 bits per heavy atom. The zero-order valence-electron chi connectivity index (χ0n) is 13.7. The quantitative estimate of drug-likeness (QED) is 0.939. The van der Waals surface area contributed by atoms with Gasteiger partial charge in [-0.1, -0.05) is 26.7 Å². The number of rotatable bonds is 4. The number of fused-ring (bicyclic) bond motifs is 1. The van der Waals surface area contributed by atoms with Crippen molar-refractivity contribution in [1.29, 1.82) is 0 Å². The van der Waals surface area contributed by atoms with Gasteiger partial charge >= 0.3 is 0 Å². The average molecular weight is 289 g/mol. The lowest BCUT2D eigenvalue weighted by atomic mass is 9.78. The smallest absolute Gasteiger partial charge is 0.202 e. The molecule has 0 aromatic carbocycles. The summed E-state index contributed by atoms with van der Waals surface area (Å²) in [5.74, 6) is 1.35. The van der Waals surface area contributed by atoms with E-state index in [1.54, 1.807) is 0 Å². The van der Waals surface area contributed by atoms with Crippen LogP contribution in [-0.4, -0.2) is 19.3 Å². The van der Waals surface area contributed by atoms with Crippen molar-refractivity contribution in [2.24, 2.45) is 18.4 Å². The summed E-state index contributed by atoms with van der Waals surface area (Å²) in [6.07, 6.45) is 6.56. The number of hydrogen-bond acceptors (Lipinski definition) is 3. The van der Waals surface area contributed by atoms with Crippen LogP contribution in [0.25, 0.3) is 11.2 Å². The first-order valence-corrected chi connectivity index (χ1v) is 8.07. The molecule has 0 atom stereocenters. The van der Waals surface area contributed by atoms with E-state index in [-0.39, 0.29) is 0 Å². The Morgan fingerprint density at radius 2 is 1.95 bits per heavy atom. The number of hydrogen-bond donors (Lipinski definition) is 1. The van der Waals surface area contributed by atoms with E-state index in [1.807, 2.05) is 18.7 Å². The van der Waals surface area contributed by atoms with E-state index in [9.17, 15) is 0 Å². The van der Waals surface area contributed by atoms with Crippen molar-refractivity contribution in [3.8, 4) is 0 Å². The molecular weight excluding hydrogens is 262 g/mol. The Bertz CT molecular complexity index is 643. The second-order valence-electron chi connectivity index (χ2n) is 7.24. The van der Waals surface area contributed by atoms with Crippen molar-refractivity contribution in [3.05, 3.63) is 5.69 Å². The third-order valence-corrected chi connectivity index (χ3v) is 4.92. The first-order valence-electron chi connectivity index (χ1n) is 8.07. The lowest BCUT2D eigenvalue weighted by Gasteiger charge is -2.31. The number of aromatic nitrogens is 4. The maximum absolute atomic E-state index is 6.21. The van der Waals surface area contributed by atoms with Gasteiger partial charge in [-0.05, 0) is 37.5 Å². The Morgan fingerprint density at radius 1 is 1.29 bits per heavy atom. The van der Waals surface area contributed by atoms with E-state index in [0.29, 0.717) is 11.4 Å². The van der Waals surface area contributed by atoms with Crippen LogP contribution in [0.5, 0.6) is 0 Å². The fourth-order valence-electron chi connectivity index (χ4n) is 4.26. The lowest BCUT2D eigenvalue weighted by molar-refractivity contribution is 0.200. The van der Waals surface area contributed by atoms with Gasteiger partial charge in [-0.15, -0.1) is 0 Å². The first-order chi connectivity index (χ1) is 9.92. The number of nitrogens with two attached hydrogens (primary N) is 1. The molecule has 2 aromatic heterocycles. The zero-order valence-corrected chi connectivity index (χ0v) is 13.7. The Balaban J connectivity index is 2.02. The SMILES string of the molecule is Cc1nn(C)c2c1nc(N)n2CC1(CC(C)C)CCCC1. The van der Waals surface area contributed by atoms with Gasteiger partial charge in [-0.3, -0.25) is 9.25 Å². The van der Waals surface area contributed by atoms with E-state index in [1.165, 1.54) is 32.1 Å².